The number of carbonyl (C=O) groups is 1. The molecule has 3 atom stereocenters. The van der Waals surface area contributed by atoms with E-state index in [1.807, 2.05) is 18.2 Å². The van der Waals surface area contributed by atoms with Gasteiger partial charge in [0.25, 0.3) is 0 Å². The first kappa shape index (κ1) is 26.7. The zero-order valence-corrected chi connectivity index (χ0v) is 20.9. The minimum atomic E-state index is -4.58. The highest BCUT2D eigenvalue weighted by molar-refractivity contribution is 8.01. The first-order valence-corrected chi connectivity index (χ1v) is 13.7. The van der Waals surface area contributed by atoms with Gasteiger partial charge in [-0.25, -0.2) is 18.2 Å². The lowest BCUT2D eigenvalue weighted by molar-refractivity contribution is -0.140. The van der Waals surface area contributed by atoms with Gasteiger partial charge in [0.1, 0.15) is 9.59 Å². The normalized spacial score (nSPS) is 15.4. The van der Waals surface area contributed by atoms with E-state index >= 15 is 0 Å². The van der Waals surface area contributed by atoms with Crippen LogP contribution < -0.4 is 5.73 Å². The summed E-state index contributed by atoms with van der Waals surface area (Å²) in [7, 11) is -4.58. The number of carboxylic acid groups (broad SMARTS) is 1. The van der Waals surface area contributed by atoms with Gasteiger partial charge in [0, 0.05) is 23.8 Å². The summed E-state index contributed by atoms with van der Waals surface area (Å²) in [6, 6.07) is 15.2. The number of nitrogens with two attached hydrogens (primary N) is 1. The Morgan fingerprint density at radius 2 is 1.80 bits per heavy atom. The van der Waals surface area contributed by atoms with Crippen molar-refractivity contribution in [2.24, 2.45) is 16.0 Å². The highest BCUT2D eigenvalue weighted by atomic mass is 32.2. The SMILES string of the molecule is C=CC(c1ccc(N=Nc2ccccc2)cc1)S(=O)(=O)C(N)(CC(O)CSc1nccs1)C(=O)O. The van der Waals surface area contributed by atoms with Gasteiger partial charge in [0.05, 0.1) is 17.5 Å². The molecule has 0 bridgehead atoms. The van der Waals surface area contributed by atoms with E-state index in [4.69, 9.17) is 5.73 Å². The third kappa shape index (κ3) is 6.41. The van der Waals surface area contributed by atoms with Gasteiger partial charge in [-0.1, -0.05) is 48.2 Å². The van der Waals surface area contributed by atoms with E-state index in [2.05, 4.69) is 21.8 Å². The molecule has 3 aromatic rings. The van der Waals surface area contributed by atoms with Crippen LogP contribution in [0.15, 0.2) is 93.4 Å². The van der Waals surface area contributed by atoms with Crippen molar-refractivity contribution in [3.8, 4) is 0 Å². The lowest BCUT2D eigenvalue weighted by atomic mass is 10.1. The maximum absolute atomic E-state index is 13.4. The first-order valence-electron chi connectivity index (χ1n) is 10.3. The monoisotopic (exact) mass is 532 g/mol. The number of sulfone groups is 1. The second-order valence-electron chi connectivity index (χ2n) is 7.49. The molecule has 2 aromatic carbocycles. The molecule has 3 unspecified atom stereocenters. The number of nitrogens with zero attached hydrogens (tertiary/aromatic N) is 3. The Kier molecular flexibility index (Phi) is 8.92. The van der Waals surface area contributed by atoms with Crippen molar-refractivity contribution in [2.45, 2.75) is 27.0 Å². The molecule has 0 radical (unpaired) electrons. The van der Waals surface area contributed by atoms with Crippen LogP contribution in [0.4, 0.5) is 11.4 Å². The molecule has 4 N–H and O–H groups in total. The van der Waals surface area contributed by atoms with E-state index in [9.17, 15) is 23.4 Å². The molecule has 35 heavy (non-hydrogen) atoms. The van der Waals surface area contributed by atoms with E-state index < -0.39 is 38.5 Å². The maximum atomic E-state index is 13.4. The van der Waals surface area contributed by atoms with Crippen LogP contribution in [0.1, 0.15) is 17.2 Å². The van der Waals surface area contributed by atoms with Crippen molar-refractivity contribution in [2.75, 3.05) is 5.75 Å². The summed E-state index contributed by atoms with van der Waals surface area (Å²) in [5, 5.41) is 28.8. The Morgan fingerprint density at radius 3 is 2.34 bits per heavy atom. The molecule has 3 rings (SSSR count). The molecule has 1 heterocycles. The summed E-state index contributed by atoms with van der Waals surface area (Å²) in [6.07, 6.45) is 0.719. The molecule has 0 aliphatic heterocycles. The predicted octanol–water partition coefficient (Wildman–Crippen LogP) is 4.48. The zero-order chi connectivity index (χ0) is 25.5. The Bertz CT molecular complexity index is 1270. The Balaban J connectivity index is 1.79. The summed E-state index contributed by atoms with van der Waals surface area (Å²) in [4.78, 5) is 13.4. The number of benzene rings is 2. The van der Waals surface area contributed by atoms with E-state index in [0.717, 1.165) is 6.08 Å². The van der Waals surface area contributed by atoms with Crippen LogP contribution in [-0.2, 0) is 14.6 Å². The minimum Gasteiger partial charge on any atom is -0.479 e. The third-order valence-corrected chi connectivity index (χ3v) is 9.63. The van der Waals surface area contributed by atoms with Crippen LogP contribution in [0.2, 0.25) is 0 Å². The van der Waals surface area contributed by atoms with Gasteiger partial charge in [-0.3, -0.25) is 0 Å². The third-order valence-electron chi connectivity index (χ3n) is 5.02. The van der Waals surface area contributed by atoms with Gasteiger partial charge in [-0.05, 0) is 29.8 Å². The van der Waals surface area contributed by atoms with Crippen LogP contribution in [0.5, 0.6) is 0 Å². The molecule has 0 amide bonds. The van der Waals surface area contributed by atoms with Crippen molar-refractivity contribution >= 4 is 50.3 Å². The Labute approximate surface area is 211 Å². The van der Waals surface area contributed by atoms with Crippen LogP contribution >= 0.6 is 23.1 Å². The van der Waals surface area contributed by atoms with Crippen molar-refractivity contribution in [1.82, 2.24) is 4.98 Å². The van der Waals surface area contributed by atoms with E-state index in [0.29, 0.717) is 15.7 Å². The average Bonchev–Trinajstić information content (AvgIpc) is 3.37. The number of aliphatic hydroxyl groups is 1. The minimum absolute atomic E-state index is 0.0368. The molecule has 184 valence electrons. The molecule has 0 saturated heterocycles. The van der Waals surface area contributed by atoms with Gasteiger partial charge in [0.2, 0.25) is 4.87 Å². The standard InChI is InChI=1S/C23H24N4O5S3/c1-2-20(16-8-10-18(11-9-16)27-26-17-6-4-3-5-7-17)35(31,32)23(24,21(29)30)14-19(28)15-34-22-25-12-13-33-22/h2-13,19-20,28H,1,14-15,24H2,(H,29,30). The largest absolute Gasteiger partial charge is 0.479 e. The molecular weight excluding hydrogens is 508 g/mol. The van der Waals surface area contributed by atoms with Crippen molar-refractivity contribution < 1.29 is 23.4 Å². The van der Waals surface area contributed by atoms with Crippen LogP contribution in [0, 0.1) is 0 Å². The molecule has 0 aliphatic rings. The molecule has 0 aliphatic carbocycles. The van der Waals surface area contributed by atoms with Crippen LogP contribution in [0.25, 0.3) is 0 Å². The van der Waals surface area contributed by atoms with Crippen LogP contribution in [-0.4, -0.2) is 46.3 Å². The molecule has 0 saturated carbocycles. The zero-order valence-electron chi connectivity index (χ0n) is 18.5. The molecule has 12 heteroatoms. The summed E-state index contributed by atoms with van der Waals surface area (Å²) in [5.74, 6) is -1.72. The summed E-state index contributed by atoms with van der Waals surface area (Å²) < 4.78 is 27.6. The number of aliphatic hydroxyl groups excluding tert-OH is 1. The van der Waals surface area contributed by atoms with E-state index in [-0.39, 0.29) is 11.3 Å². The van der Waals surface area contributed by atoms with E-state index in [1.165, 1.54) is 35.2 Å². The summed E-state index contributed by atoms with van der Waals surface area (Å²) in [6.45, 7) is 3.58. The van der Waals surface area contributed by atoms with Crippen molar-refractivity contribution in [1.29, 1.82) is 0 Å². The molecule has 0 spiro atoms. The number of thioether (sulfide) groups is 1. The number of carboxylic acids is 1. The lowest BCUT2D eigenvalue weighted by Crippen LogP contribution is -2.57. The second-order valence-corrected chi connectivity index (χ2v) is 12.0. The van der Waals surface area contributed by atoms with Crippen LogP contribution in [0.3, 0.4) is 0 Å². The smallest absolute Gasteiger partial charge is 0.339 e. The fourth-order valence-corrected chi connectivity index (χ4v) is 6.67. The van der Waals surface area contributed by atoms with Gasteiger partial charge in [-0.15, -0.1) is 17.9 Å². The number of aliphatic carboxylic acids is 1. The highest BCUT2D eigenvalue weighted by Crippen LogP contribution is 2.35. The predicted molar refractivity (Wildman–Crippen MR) is 137 cm³/mol. The number of thiazole rings is 1. The number of rotatable bonds is 12. The van der Waals surface area contributed by atoms with Gasteiger partial charge in [0.15, 0.2) is 9.84 Å². The molecular formula is C23H24N4O5S3. The number of hydrogen-bond donors (Lipinski definition) is 3. The van der Waals surface area contributed by atoms with Gasteiger partial charge < -0.3 is 15.9 Å². The van der Waals surface area contributed by atoms with Gasteiger partial charge >= 0.3 is 5.97 Å². The number of aromatic nitrogens is 1. The Morgan fingerprint density at radius 1 is 1.17 bits per heavy atom. The van der Waals surface area contributed by atoms with Crippen molar-refractivity contribution in [3.63, 3.8) is 0 Å². The number of hydrogen-bond acceptors (Lipinski definition) is 10. The van der Waals surface area contributed by atoms with Gasteiger partial charge in [-0.2, -0.15) is 10.2 Å². The Hall–Kier alpha value is -2.90. The highest BCUT2D eigenvalue weighted by Gasteiger charge is 2.52. The lowest BCUT2D eigenvalue weighted by Gasteiger charge is -2.30. The van der Waals surface area contributed by atoms with Crippen molar-refractivity contribution in [3.05, 3.63) is 84.4 Å². The molecule has 9 nitrogen and oxygen atoms in total. The maximum Gasteiger partial charge on any atom is 0.339 e. The number of azo groups is 1. The second kappa shape index (κ2) is 11.7. The quantitative estimate of drug-likeness (QED) is 0.175. The molecule has 0 fully saturated rings. The fraction of sp³-hybridized carbons (Fsp3) is 0.217. The summed E-state index contributed by atoms with van der Waals surface area (Å²) in [5.41, 5.74) is 7.37. The molecule has 1 aromatic heterocycles. The first-order chi connectivity index (χ1) is 16.7. The average molecular weight is 533 g/mol. The topological polar surface area (TPSA) is 155 Å². The summed E-state index contributed by atoms with van der Waals surface area (Å²) >= 11 is 2.54. The van der Waals surface area contributed by atoms with E-state index in [1.54, 1.807) is 35.8 Å². The fourth-order valence-electron chi connectivity index (χ4n) is 3.19.